The fourth-order valence-electron chi connectivity index (χ4n) is 1.65. The molecule has 0 spiro atoms. The van der Waals surface area contributed by atoms with Gasteiger partial charge in [0.25, 0.3) is 0 Å². The van der Waals surface area contributed by atoms with Gasteiger partial charge in [0.05, 0.1) is 6.61 Å². The van der Waals surface area contributed by atoms with Crippen LogP contribution in [0.5, 0.6) is 5.75 Å². The third kappa shape index (κ3) is 4.27. The van der Waals surface area contributed by atoms with Crippen molar-refractivity contribution < 1.29 is 13.9 Å². The Kier molecular flexibility index (Phi) is 4.96. The zero-order chi connectivity index (χ0) is 12.8. The summed E-state index contributed by atoms with van der Waals surface area (Å²) in [5.41, 5.74) is 0.917. The molecule has 3 nitrogen and oxygen atoms in total. The van der Waals surface area contributed by atoms with Gasteiger partial charge in [-0.15, -0.1) is 0 Å². The predicted molar refractivity (Wildman–Crippen MR) is 68.0 cm³/mol. The first-order valence-corrected chi connectivity index (χ1v) is 6.49. The molecule has 1 fully saturated rings. The van der Waals surface area contributed by atoms with Gasteiger partial charge in [0.2, 0.25) is 0 Å². The van der Waals surface area contributed by atoms with Crippen LogP contribution in [0.3, 0.4) is 0 Å². The molecule has 0 heterocycles. The number of nitrogens with one attached hydrogen (secondary N) is 1. The highest BCUT2D eigenvalue weighted by Gasteiger charge is 2.21. The topological polar surface area (TPSA) is 30.5 Å². The Morgan fingerprint density at radius 3 is 2.89 bits per heavy atom. The second-order valence-corrected chi connectivity index (χ2v) is 4.62. The molecule has 0 amide bonds. The molecule has 100 valence electrons. The molecule has 1 aromatic carbocycles. The Labute approximate surface area is 107 Å². The Morgan fingerprint density at radius 1 is 1.39 bits per heavy atom. The zero-order valence-electron chi connectivity index (χ0n) is 10.7. The van der Waals surface area contributed by atoms with Crippen molar-refractivity contribution in [2.45, 2.75) is 26.3 Å². The second kappa shape index (κ2) is 6.71. The summed E-state index contributed by atoms with van der Waals surface area (Å²) < 4.78 is 24.2. The SMILES string of the molecule is CCNCc1ccc(OCOCC2CC2)c(F)c1. The van der Waals surface area contributed by atoms with Crippen LogP contribution in [0.1, 0.15) is 25.3 Å². The molecule has 2 rings (SSSR count). The molecule has 1 aliphatic rings. The molecular formula is C14H20FNO2. The Hall–Kier alpha value is -1.13. The molecule has 0 unspecified atom stereocenters. The maximum Gasteiger partial charge on any atom is 0.189 e. The van der Waals surface area contributed by atoms with Gasteiger partial charge in [-0.25, -0.2) is 4.39 Å². The van der Waals surface area contributed by atoms with E-state index in [-0.39, 0.29) is 18.4 Å². The first-order valence-electron chi connectivity index (χ1n) is 6.49. The smallest absolute Gasteiger partial charge is 0.189 e. The van der Waals surface area contributed by atoms with Gasteiger partial charge in [0.1, 0.15) is 0 Å². The van der Waals surface area contributed by atoms with Crippen LogP contribution in [0.25, 0.3) is 0 Å². The minimum absolute atomic E-state index is 0.125. The Balaban J connectivity index is 1.76. The van der Waals surface area contributed by atoms with Crippen LogP contribution in [0.15, 0.2) is 18.2 Å². The van der Waals surface area contributed by atoms with E-state index in [1.165, 1.54) is 18.9 Å². The molecule has 1 N–H and O–H groups in total. The van der Waals surface area contributed by atoms with Crippen molar-refractivity contribution in [3.63, 3.8) is 0 Å². The molecule has 1 aliphatic carbocycles. The monoisotopic (exact) mass is 253 g/mol. The average Bonchev–Trinajstić information content (AvgIpc) is 3.18. The minimum Gasteiger partial charge on any atom is -0.464 e. The molecule has 0 atom stereocenters. The molecule has 1 saturated carbocycles. The largest absolute Gasteiger partial charge is 0.464 e. The van der Waals surface area contributed by atoms with E-state index in [0.29, 0.717) is 12.5 Å². The van der Waals surface area contributed by atoms with Crippen LogP contribution in [-0.2, 0) is 11.3 Å². The van der Waals surface area contributed by atoms with E-state index in [0.717, 1.165) is 18.7 Å². The Morgan fingerprint density at radius 2 is 2.22 bits per heavy atom. The van der Waals surface area contributed by atoms with Crippen molar-refractivity contribution in [3.8, 4) is 5.75 Å². The fourth-order valence-corrected chi connectivity index (χ4v) is 1.65. The number of halogens is 1. The fraction of sp³-hybridized carbons (Fsp3) is 0.571. The number of hydrogen-bond donors (Lipinski definition) is 1. The van der Waals surface area contributed by atoms with Crippen LogP contribution in [-0.4, -0.2) is 19.9 Å². The molecule has 0 radical (unpaired) electrons. The van der Waals surface area contributed by atoms with Gasteiger partial charge in [-0.3, -0.25) is 0 Å². The molecule has 4 heteroatoms. The lowest BCUT2D eigenvalue weighted by Gasteiger charge is -2.09. The molecule has 18 heavy (non-hydrogen) atoms. The third-order valence-corrected chi connectivity index (χ3v) is 2.92. The molecule has 0 aliphatic heterocycles. The van der Waals surface area contributed by atoms with Gasteiger partial charge in [0, 0.05) is 6.54 Å². The van der Waals surface area contributed by atoms with Crippen LogP contribution >= 0.6 is 0 Å². The van der Waals surface area contributed by atoms with Crippen molar-refractivity contribution in [2.75, 3.05) is 19.9 Å². The van der Waals surface area contributed by atoms with Crippen LogP contribution in [0.4, 0.5) is 4.39 Å². The molecule has 0 bridgehead atoms. The molecule has 0 aromatic heterocycles. The maximum atomic E-state index is 13.7. The van der Waals surface area contributed by atoms with Gasteiger partial charge in [-0.1, -0.05) is 13.0 Å². The van der Waals surface area contributed by atoms with Gasteiger partial charge in [0.15, 0.2) is 18.4 Å². The van der Waals surface area contributed by atoms with E-state index in [4.69, 9.17) is 9.47 Å². The first kappa shape index (κ1) is 13.3. The lowest BCUT2D eigenvalue weighted by Crippen LogP contribution is -2.12. The van der Waals surface area contributed by atoms with E-state index < -0.39 is 0 Å². The number of hydrogen-bond acceptors (Lipinski definition) is 3. The highest BCUT2D eigenvalue weighted by atomic mass is 19.1. The Bertz CT molecular complexity index is 380. The van der Waals surface area contributed by atoms with E-state index in [9.17, 15) is 4.39 Å². The summed E-state index contributed by atoms with van der Waals surface area (Å²) in [7, 11) is 0. The highest BCUT2D eigenvalue weighted by molar-refractivity contribution is 5.29. The standard InChI is InChI=1S/C14H20FNO2/c1-2-16-8-12-5-6-14(13(15)7-12)18-10-17-9-11-3-4-11/h5-7,11,16H,2-4,8-10H2,1H3. The number of ether oxygens (including phenoxy) is 2. The maximum absolute atomic E-state index is 13.7. The quantitative estimate of drug-likeness (QED) is 0.571. The first-order chi connectivity index (χ1) is 8.79. The summed E-state index contributed by atoms with van der Waals surface area (Å²) in [5.74, 6) is 0.618. The molecule has 1 aromatic rings. The summed E-state index contributed by atoms with van der Waals surface area (Å²) >= 11 is 0. The van der Waals surface area contributed by atoms with E-state index >= 15 is 0 Å². The zero-order valence-corrected chi connectivity index (χ0v) is 10.7. The van der Waals surface area contributed by atoms with E-state index in [1.54, 1.807) is 6.07 Å². The van der Waals surface area contributed by atoms with Crippen molar-refractivity contribution in [3.05, 3.63) is 29.6 Å². The van der Waals surface area contributed by atoms with Crippen molar-refractivity contribution in [1.82, 2.24) is 5.32 Å². The van der Waals surface area contributed by atoms with Crippen molar-refractivity contribution >= 4 is 0 Å². The van der Waals surface area contributed by atoms with Gasteiger partial charge in [-0.2, -0.15) is 0 Å². The summed E-state index contributed by atoms with van der Waals surface area (Å²) in [5, 5.41) is 3.15. The van der Waals surface area contributed by atoms with Crippen molar-refractivity contribution in [2.24, 2.45) is 5.92 Å². The summed E-state index contributed by atoms with van der Waals surface area (Å²) in [6.45, 7) is 4.41. The van der Waals surface area contributed by atoms with Crippen LogP contribution < -0.4 is 10.1 Å². The minimum atomic E-state index is -0.333. The van der Waals surface area contributed by atoms with Gasteiger partial charge >= 0.3 is 0 Å². The lowest BCUT2D eigenvalue weighted by molar-refractivity contribution is 0.00791. The van der Waals surface area contributed by atoms with Crippen LogP contribution in [0, 0.1) is 11.7 Å². The van der Waals surface area contributed by atoms with Gasteiger partial charge < -0.3 is 14.8 Å². The van der Waals surface area contributed by atoms with Crippen molar-refractivity contribution in [1.29, 1.82) is 0 Å². The molecule has 0 saturated heterocycles. The number of benzene rings is 1. The second-order valence-electron chi connectivity index (χ2n) is 4.62. The third-order valence-electron chi connectivity index (χ3n) is 2.92. The van der Waals surface area contributed by atoms with Crippen LogP contribution in [0.2, 0.25) is 0 Å². The lowest BCUT2D eigenvalue weighted by atomic mass is 10.2. The van der Waals surface area contributed by atoms with E-state index in [1.807, 2.05) is 13.0 Å². The average molecular weight is 253 g/mol. The summed E-state index contributed by atoms with van der Waals surface area (Å²) in [4.78, 5) is 0. The number of rotatable bonds is 8. The summed E-state index contributed by atoms with van der Waals surface area (Å²) in [6, 6.07) is 5.02. The molecular weight excluding hydrogens is 233 g/mol. The highest BCUT2D eigenvalue weighted by Crippen LogP contribution is 2.28. The summed E-state index contributed by atoms with van der Waals surface area (Å²) in [6.07, 6.45) is 2.49. The predicted octanol–water partition coefficient (Wildman–Crippen LogP) is 2.70. The van der Waals surface area contributed by atoms with E-state index in [2.05, 4.69) is 5.32 Å². The van der Waals surface area contributed by atoms with Gasteiger partial charge in [-0.05, 0) is 43.0 Å². The normalized spacial score (nSPS) is 14.8.